The molecule has 27 heavy (non-hydrogen) atoms. The van der Waals surface area contributed by atoms with Crippen molar-refractivity contribution in [3.63, 3.8) is 0 Å². The van der Waals surface area contributed by atoms with Crippen molar-refractivity contribution in [3.8, 4) is 5.75 Å². The Bertz CT molecular complexity index is 807. The Kier molecular flexibility index (Phi) is 5.41. The van der Waals surface area contributed by atoms with Crippen molar-refractivity contribution in [1.29, 1.82) is 0 Å². The predicted octanol–water partition coefficient (Wildman–Crippen LogP) is 3.51. The van der Waals surface area contributed by atoms with E-state index in [2.05, 4.69) is 48.2 Å². The van der Waals surface area contributed by atoms with E-state index in [-0.39, 0.29) is 0 Å². The molecule has 144 valence electrons. The Morgan fingerprint density at radius 3 is 2.96 bits per heavy atom. The smallest absolute Gasteiger partial charge is 0.145 e. The van der Waals surface area contributed by atoms with E-state index in [4.69, 9.17) is 14.7 Å². The maximum atomic E-state index is 5.68. The van der Waals surface area contributed by atoms with E-state index < -0.39 is 0 Å². The molecule has 1 aromatic carbocycles. The lowest BCUT2D eigenvalue weighted by Gasteiger charge is -2.35. The van der Waals surface area contributed by atoms with Crippen LogP contribution in [0.1, 0.15) is 53.5 Å². The van der Waals surface area contributed by atoms with E-state index in [0.29, 0.717) is 6.04 Å². The number of aryl methyl sites for hydroxylation is 1. The lowest BCUT2D eigenvalue weighted by molar-refractivity contribution is 0.132. The number of benzene rings is 1. The molecule has 5 nitrogen and oxygen atoms in total. The molecule has 0 spiro atoms. The molecule has 0 bridgehead atoms. The number of ether oxygens (including phenoxy) is 1. The molecule has 5 heteroatoms. The minimum atomic E-state index is 0.300. The van der Waals surface area contributed by atoms with Crippen LogP contribution in [0.4, 0.5) is 0 Å². The number of para-hydroxylation sites is 1. The van der Waals surface area contributed by atoms with Gasteiger partial charge in [0.1, 0.15) is 11.6 Å². The Hall–Kier alpha value is -1.98. The fourth-order valence-corrected chi connectivity index (χ4v) is 4.45. The summed E-state index contributed by atoms with van der Waals surface area (Å²) in [6.07, 6.45) is 6.70. The molecule has 1 atom stereocenters. The van der Waals surface area contributed by atoms with E-state index in [1.54, 1.807) is 7.11 Å². The molecule has 0 unspecified atom stereocenters. The van der Waals surface area contributed by atoms with E-state index in [9.17, 15) is 0 Å². The topological polar surface area (TPSA) is 41.5 Å². The van der Waals surface area contributed by atoms with Crippen molar-refractivity contribution in [2.45, 2.75) is 51.7 Å². The Labute approximate surface area is 162 Å². The number of hydrogen-bond donors (Lipinski definition) is 0. The summed E-state index contributed by atoms with van der Waals surface area (Å²) in [5, 5.41) is 0. The number of likely N-dealkylation sites (N-methyl/N-ethyl adjacent to an activating group) is 1. The summed E-state index contributed by atoms with van der Waals surface area (Å²) in [4.78, 5) is 14.7. The van der Waals surface area contributed by atoms with Crippen LogP contribution in [0.3, 0.4) is 0 Å². The van der Waals surface area contributed by atoms with Crippen LogP contribution in [0.25, 0.3) is 0 Å². The molecule has 0 radical (unpaired) electrons. The average Bonchev–Trinajstić information content (AvgIpc) is 2.68. The van der Waals surface area contributed by atoms with Crippen LogP contribution in [0.5, 0.6) is 5.75 Å². The van der Waals surface area contributed by atoms with Gasteiger partial charge in [0, 0.05) is 49.1 Å². The highest BCUT2D eigenvalue weighted by Gasteiger charge is 2.28. The highest BCUT2D eigenvalue weighted by atomic mass is 16.5. The SMILES string of the molecule is COc1c(C)cccc1CN1CCCC[C@H]1c1ncc2c(n1)CCN(C)C2. The van der Waals surface area contributed by atoms with Gasteiger partial charge in [-0.05, 0) is 38.9 Å². The third-order valence-corrected chi connectivity index (χ3v) is 5.93. The normalized spacial score (nSPS) is 21.1. The van der Waals surface area contributed by atoms with Gasteiger partial charge in [-0.25, -0.2) is 9.97 Å². The first-order valence-corrected chi connectivity index (χ1v) is 10.1. The first-order chi connectivity index (χ1) is 13.2. The van der Waals surface area contributed by atoms with Crippen LogP contribution in [-0.4, -0.2) is 47.0 Å². The molecular formula is C22H30N4O. The summed E-state index contributed by atoms with van der Waals surface area (Å²) in [6, 6.07) is 6.72. The number of aromatic nitrogens is 2. The molecule has 2 aliphatic heterocycles. The molecule has 2 aromatic rings. The van der Waals surface area contributed by atoms with Gasteiger partial charge >= 0.3 is 0 Å². The van der Waals surface area contributed by atoms with Crippen LogP contribution < -0.4 is 4.74 Å². The average molecular weight is 367 g/mol. The fourth-order valence-electron chi connectivity index (χ4n) is 4.45. The molecular weight excluding hydrogens is 336 g/mol. The van der Waals surface area contributed by atoms with Gasteiger partial charge in [-0.2, -0.15) is 0 Å². The van der Waals surface area contributed by atoms with Crippen LogP contribution in [0.15, 0.2) is 24.4 Å². The summed E-state index contributed by atoms with van der Waals surface area (Å²) < 4.78 is 5.68. The second-order valence-corrected chi connectivity index (χ2v) is 7.94. The first kappa shape index (κ1) is 18.4. The van der Waals surface area contributed by atoms with Crippen molar-refractivity contribution in [2.75, 3.05) is 27.2 Å². The maximum absolute atomic E-state index is 5.68. The summed E-state index contributed by atoms with van der Waals surface area (Å²) in [5.41, 5.74) is 4.98. The molecule has 0 N–H and O–H groups in total. The standard InChI is InChI=1S/C22H30N4O/c1-16-7-6-8-17(21(16)27-3)15-26-11-5-4-9-20(26)22-23-13-18-14-25(2)12-10-19(18)24-22/h6-8,13,20H,4-5,9-12,14-15H2,1-3H3/t20-/m0/s1. The van der Waals surface area contributed by atoms with Crippen molar-refractivity contribution < 1.29 is 4.74 Å². The van der Waals surface area contributed by atoms with Gasteiger partial charge in [-0.1, -0.05) is 24.6 Å². The minimum Gasteiger partial charge on any atom is -0.496 e. The summed E-state index contributed by atoms with van der Waals surface area (Å²) >= 11 is 0. The second-order valence-electron chi connectivity index (χ2n) is 7.94. The number of nitrogens with zero attached hydrogens (tertiary/aromatic N) is 4. The third kappa shape index (κ3) is 3.85. The number of fused-ring (bicyclic) bond motifs is 1. The molecule has 1 fully saturated rings. The number of likely N-dealkylation sites (tertiary alicyclic amines) is 1. The minimum absolute atomic E-state index is 0.300. The molecule has 1 aromatic heterocycles. The number of rotatable bonds is 4. The Balaban J connectivity index is 1.59. The first-order valence-electron chi connectivity index (χ1n) is 10.1. The van der Waals surface area contributed by atoms with E-state index in [0.717, 1.165) is 50.6 Å². The van der Waals surface area contributed by atoms with Gasteiger partial charge in [0.15, 0.2) is 0 Å². The highest BCUT2D eigenvalue weighted by molar-refractivity contribution is 5.40. The zero-order chi connectivity index (χ0) is 18.8. The van der Waals surface area contributed by atoms with Gasteiger partial charge in [-0.15, -0.1) is 0 Å². The maximum Gasteiger partial charge on any atom is 0.145 e. The van der Waals surface area contributed by atoms with Crippen LogP contribution in [0, 0.1) is 6.92 Å². The van der Waals surface area contributed by atoms with Gasteiger partial charge < -0.3 is 9.64 Å². The molecule has 3 heterocycles. The predicted molar refractivity (Wildman–Crippen MR) is 107 cm³/mol. The quantitative estimate of drug-likeness (QED) is 0.828. The lowest BCUT2D eigenvalue weighted by Crippen LogP contribution is -2.35. The van der Waals surface area contributed by atoms with Crippen molar-refractivity contribution >= 4 is 0 Å². The zero-order valence-corrected chi connectivity index (χ0v) is 16.7. The molecule has 0 aliphatic carbocycles. The molecule has 4 rings (SSSR count). The molecule has 0 saturated carbocycles. The lowest BCUT2D eigenvalue weighted by atomic mass is 9.99. The molecule has 0 amide bonds. The monoisotopic (exact) mass is 366 g/mol. The van der Waals surface area contributed by atoms with Crippen LogP contribution >= 0.6 is 0 Å². The summed E-state index contributed by atoms with van der Waals surface area (Å²) in [5.74, 6) is 2.01. The number of methoxy groups -OCH3 is 1. The van der Waals surface area contributed by atoms with E-state index in [1.165, 1.54) is 35.2 Å². The van der Waals surface area contributed by atoms with Crippen LogP contribution in [-0.2, 0) is 19.5 Å². The fraction of sp³-hybridized carbons (Fsp3) is 0.545. The van der Waals surface area contributed by atoms with Gasteiger partial charge in [-0.3, -0.25) is 4.90 Å². The summed E-state index contributed by atoms with van der Waals surface area (Å²) in [7, 11) is 3.93. The zero-order valence-electron chi connectivity index (χ0n) is 16.7. The van der Waals surface area contributed by atoms with Gasteiger partial charge in [0.25, 0.3) is 0 Å². The van der Waals surface area contributed by atoms with Gasteiger partial charge in [0.2, 0.25) is 0 Å². The van der Waals surface area contributed by atoms with Crippen molar-refractivity contribution in [3.05, 3.63) is 52.6 Å². The number of hydrogen-bond acceptors (Lipinski definition) is 5. The molecule has 1 saturated heterocycles. The number of piperidine rings is 1. The Morgan fingerprint density at radius 1 is 1.22 bits per heavy atom. The van der Waals surface area contributed by atoms with E-state index in [1.807, 2.05) is 0 Å². The second kappa shape index (κ2) is 7.95. The summed E-state index contributed by atoms with van der Waals surface area (Å²) in [6.45, 7) is 6.13. The molecule has 2 aliphatic rings. The van der Waals surface area contributed by atoms with E-state index >= 15 is 0 Å². The van der Waals surface area contributed by atoms with Crippen LogP contribution in [0.2, 0.25) is 0 Å². The van der Waals surface area contributed by atoms with Gasteiger partial charge in [0.05, 0.1) is 13.2 Å². The Morgan fingerprint density at radius 2 is 2.11 bits per heavy atom. The highest BCUT2D eigenvalue weighted by Crippen LogP contribution is 2.33. The van der Waals surface area contributed by atoms with Crippen molar-refractivity contribution in [2.24, 2.45) is 0 Å². The van der Waals surface area contributed by atoms with Crippen molar-refractivity contribution in [1.82, 2.24) is 19.8 Å². The largest absolute Gasteiger partial charge is 0.496 e. The third-order valence-electron chi connectivity index (χ3n) is 5.93.